The number of rotatable bonds is 3. The highest BCUT2D eigenvalue weighted by Crippen LogP contribution is 2.13. The summed E-state index contributed by atoms with van der Waals surface area (Å²) in [5.74, 6) is -0.382. The van der Waals surface area contributed by atoms with E-state index in [0.29, 0.717) is 17.7 Å². The molecular weight excluding hydrogens is 217 g/mol. The van der Waals surface area contributed by atoms with Crippen LogP contribution in [0.5, 0.6) is 0 Å². The molecule has 0 amide bonds. The molecule has 2 rings (SSSR count). The highest BCUT2D eigenvalue weighted by molar-refractivity contribution is 5.41. The van der Waals surface area contributed by atoms with Crippen molar-refractivity contribution in [1.29, 1.82) is 5.26 Å². The van der Waals surface area contributed by atoms with Gasteiger partial charge in [-0.2, -0.15) is 5.26 Å². The van der Waals surface area contributed by atoms with Gasteiger partial charge in [0, 0.05) is 5.56 Å². The number of hydrogen-bond acceptors (Lipinski definition) is 2. The lowest BCUT2D eigenvalue weighted by Gasteiger charge is -2.06. The number of nitrogens with zero attached hydrogens (tertiary/aromatic N) is 3. The number of benzene rings is 1. The second kappa shape index (κ2) is 4.62. The number of aromatic nitrogens is 2. The summed E-state index contributed by atoms with van der Waals surface area (Å²) in [6.07, 6.45) is 4.94. The molecule has 17 heavy (non-hydrogen) atoms. The number of halogens is 1. The van der Waals surface area contributed by atoms with Gasteiger partial charge in [0.15, 0.2) is 0 Å². The first-order valence-corrected chi connectivity index (χ1v) is 5.05. The van der Waals surface area contributed by atoms with Crippen molar-refractivity contribution in [2.75, 3.05) is 0 Å². The number of nitriles is 1. The smallest absolute Gasteiger partial charge is 0.129 e. The third-order valence-electron chi connectivity index (χ3n) is 2.48. The molecule has 3 nitrogen and oxygen atoms in total. The van der Waals surface area contributed by atoms with E-state index in [0.717, 1.165) is 5.69 Å². The van der Waals surface area contributed by atoms with E-state index in [1.165, 1.54) is 6.07 Å². The van der Waals surface area contributed by atoms with Gasteiger partial charge in [-0.05, 0) is 18.2 Å². The predicted molar refractivity (Wildman–Crippen MR) is 62.5 cm³/mol. The molecule has 84 valence electrons. The minimum atomic E-state index is -0.382. The monoisotopic (exact) mass is 227 g/mol. The van der Waals surface area contributed by atoms with Crippen molar-refractivity contribution in [1.82, 2.24) is 9.55 Å². The van der Waals surface area contributed by atoms with Gasteiger partial charge in [0.2, 0.25) is 0 Å². The van der Waals surface area contributed by atoms with E-state index < -0.39 is 0 Å². The van der Waals surface area contributed by atoms with Crippen LogP contribution < -0.4 is 0 Å². The topological polar surface area (TPSA) is 41.6 Å². The molecule has 0 bridgehead atoms. The molecule has 1 aromatic carbocycles. The van der Waals surface area contributed by atoms with Gasteiger partial charge in [-0.25, -0.2) is 9.37 Å². The molecule has 1 heterocycles. The SMILES string of the molecule is C=Cc1cncn1Cc1ccc(C#N)cc1F. The molecule has 0 fully saturated rings. The minimum Gasteiger partial charge on any atom is -0.327 e. The zero-order chi connectivity index (χ0) is 12.3. The molecular formula is C13H10FN3. The fraction of sp³-hybridized carbons (Fsp3) is 0.0769. The Morgan fingerprint density at radius 1 is 1.53 bits per heavy atom. The van der Waals surface area contributed by atoms with Gasteiger partial charge in [-0.3, -0.25) is 0 Å². The summed E-state index contributed by atoms with van der Waals surface area (Å²) in [4.78, 5) is 3.97. The van der Waals surface area contributed by atoms with E-state index in [4.69, 9.17) is 5.26 Å². The third kappa shape index (κ3) is 2.23. The van der Waals surface area contributed by atoms with Crippen molar-refractivity contribution in [3.8, 4) is 6.07 Å². The lowest BCUT2D eigenvalue weighted by molar-refractivity contribution is 0.598. The third-order valence-corrected chi connectivity index (χ3v) is 2.48. The molecule has 0 aliphatic heterocycles. The average molecular weight is 227 g/mol. The molecule has 0 unspecified atom stereocenters. The summed E-state index contributed by atoms with van der Waals surface area (Å²) >= 11 is 0. The molecule has 0 N–H and O–H groups in total. The Morgan fingerprint density at radius 2 is 2.35 bits per heavy atom. The molecule has 4 heteroatoms. The standard InChI is InChI=1S/C13H10FN3/c1-2-12-7-16-9-17(12)8-11-4-3-10(6-15)5-13(11)14/h2-5,7,9H,1,8H2. The molecule has 0 saturated carbocycles. The van der Waals surface area contributed by atoms with Crippen molar-refractivity contribution >= 4 is 6.08 Å². The lowest BCUT2D eigenvalue weighted by atomic mass is 10.1. The quantitative estimate of drug-likeness (QED) is 0.808. The van der Waals surface area contributed by atoms with E-state index in [-0.39, 0.29) is 5.82 Å². The van der Waals surface area contributed by atoms with Crippen molar-refractivity contribution in [3.63, 3.8) is 0 Å². The molecule has 0 aliphatic carbocycles. The summed E-state index contributed by atoms with van der Waals surface area (Å²) in [6, 6.07) is 6.35. The van der Waals surface area contributed by atoms with E-state index in [1.807, 2.05) is 6.07 Å². The summed E-state index contributed by atoms with van der Waals surface area (Å²) in [7, 11) is 0. The number of hydrogen-bond donors (Lipinski definition) is 0. The van der Waals surface area contributed by atoms with Crippen LogP contribution in [0.4, 0.5) is 4.39 Å². The number of imidazole rings is 1. The van der Waals surface area contributed by atoms with Crippen molar-refractivity contribution in [3.05, 3.63) is 59.9 Å². The minimum absolute atomic E-state index is 0.320. The van der Waals surface area contributed by atoms with Crippen LogP contribution in [-0.2, 0) is 6.54 Å². The molecule has 0 spiro atoms. The summed E-state index contributed by atoms with van der Waals surface area (Å²) < 4.78 is 15.4. The van der Waals surface area contributed by atoms with Crippen LogP contribution in [-0.4, -0.2) is 9.55 Å². The van der Waals surface area contributed by atoms with E-state index in [1.54, 1.807) is 35.3 Å². The maximum atomic E-state index is 13.7. The van der Waals surface area contributed by atoms with E-state index in [9.17, 15) is 4.39 Å². The van der Waals surface area contributed by atoms with Crippen molar-refractivity contribution in [2.45, 2.75) is 6.54 Å². The Morgan fingerprint density at radius 3 is 3.00 bits per heavy atom. The Bertz CT molecular complexity index is 593. The first-order chi connectivity index (χ1) is 8.24. The van der Waals surface area contributed by atoms with E-state index in [2.05, 4.69) is 11.6 Å². The van der Waals surface area contributed by atoms with Gasteiger partial charge in [0.05, 0.1) is 36.4 Å². The largest absolute Gasteiger partial charge is 0.327 e. The fourth-order valence-corrected chi connectivity index (χ4v) is 1.56. The summed E-state index contributed by atoms with van der Waals surface area (Å²) in [5.41, 5.74) is 1.67. The zero-order valence-electron chi connectivity index (χ0n) is 9.10. The maximum absolute atomic E-state index is 13.7. The van der Waals surface area contributed by atoms with Crippen molar-refractivity contribution in [2.24, 2.45) is 0 Å². The Balaban J connectivity index is 2.31. The van der Waals surface area contributed by atoms with Crippen LogP contribution in [0, 0.1) is 17.1 Å². The molecule has 0 radical (unpaired) electrons. The van der Waals surface area contributed by atoms with Gasteiger partial charge >= 0.3 is 0 Å². The lowest BCUT2D eigenvalue weighted by Crippen LogP contribution is -2.02. The second-order valence-electron chi connectivity index (χ2n) is 3.57. The van der Waals surface area contributed by atoms with Crippen molar-refractivity contribution < 1.29 is 4.39 Å². The zero-order valence-corrected chi connectivity index (χ0v) is 9.10. The normalized spacial score (nSPS) is 9.88. The molecule has 2 aromatic rings. The van der Waals surface area contributed by atoms with Gasteiger partial charge in [-0.15, -0.1) is 0 Å². The molecule has 1 aromatic heterocycles. The van der Waals surface area contributed by atoms with Gasteiger partial charge in [0.25, 0.3) is 0 Å². The van der Waals surface area contributed by atoms with Crippen LogP contribution in [0.2, 0.25) is 0 Å². The summed E-state index contributed by atoms with van der Waals surface area (Å²) in [6.45, 7) is 4.03. The molecule has 0 saturated heterocycles. The van der Waals surface area contributed by atoms with Gasteiger partial charge < -0.3 is 4.57 Å². The highest BCUT2D eigenvalue weighted by atomic mass is 19.1. The maximum Gasteiger partial charge on any atom is 0.129 e. The first-order valence-electron chi connectivity index (χ1n) is 5.05. The molecule has 0 atom stereocenters. The van der Waals surface area contributed by atoms with Gasteiger partial charge in [0.1, 0.15) is 5.82 Å². The Hall–Kier alpha value is -2.41. The van der Waals surface area contributed by atoms with E-state index >= 15 is 0 Å². The van der Waals surface area contributed by atoms with Crippen LogP contribution in [0.15, 0.2) is 37.3 Å². The van der Waals surface area contributed by atoms with Crippen LogP contribution in [0.25, 0.3) is 6.08 Å². The second-order valence-corrected chi connectivity index (χ2v) is 3.57. The Labute approximate surface area is 98.5 Å². The highest BCUT2D eigenvalue weighted by Gasteiger charge is 2.06. The predicted octanol–water partition coefficient (Wildman–Crippen LogP) is 2.59. The fourth-order valence-electron chi connectivity index (χ4n) is 1.56. The van der Waals surface area contributed by atoms with Crippen LogP contribution in [0.1, 0.15) is 16.8 Å². The summed E-state index contributed by atoms with van der Waals surface area (Å²) in [5, 5.41) is 8.65. The van der Waals surface area contributed by atoms with Crippen LogP contribution >= 0.6 is 0 Å². The Kier molecular flexibility index (Phi) is 3.01. The van der Waals surface area contributed by atoms with Crippen LogP contribution in [0.3, 0.4) is 0 Å². The molecule has 0 aliphatic rings. The first kappa shape index (κ1) is 11.1. The average Bonchev–Trinajstić information content (AvgIpc) is 2.79. The van der Waals surface area contributed by atoms with Gasteiger partial charge in [-0.1, -0.05) is 12.6 Å².